The summed E-state index contributed by atoms with van der Waals surface area (Å²) in [5, 5.41) is 2.83. The lowest BCUT2D eigenvalue weighted by atomic mass is 10.1. The van der Waals surface area contributed by atoms with Gasteiger partial charge in [-0.2, -0.15) is 0 Å². The third-order valence-electron chi connectivity index (χ3n) is 3.19. The van der Waals surface area contributed by atoms with E-state index in [0.29, 0.717) is 16.3 Å². The Kier molecular flexibility index (Phi) is 6.94. The molecule has 6 nitrogen and oxygen atoms in total. The number of carbonyl (C=O) groups excluding carboxylic acids is 2. The molecule has 0 saturated heterocycles. The summed E-state index contributed by atoms with van der Waals surface area (Å²) in [7, 11) is 0. The van der Waals surface area contributed by atoms with Gasteiger partial charge in [0.2, 0.25) is 0 Å². The molecule has 0 heterocycles. The van der Waals surface area contributed by atoms with Crippen molar-refractivity contribution in [3.8, 4) is 5.75 Å². The number of benzene rings is 2. The number of halogens is 1. The molecule has 2 aromatic rings. The van der Waals surface area contributed by atoms with Gasteiger partial charge in [-0.1, -0.05) is 23.7 Å². The second-order valence-electron chi connectivity index (χ2n) is 5.58. The molecule has 0 spiro atoms. The van der Waals surface area contributed by atoms with Crippen LogP contribution in [0, 0.1) is 13.8 Å². The van der Waals surface area contributed by atoms with Gasteiger partial charge in [0, 0.05) is 10.6 Å². The summed E-state index contributed by atoms with van der Waals surface area (Å²) in [4.78, 5) is 23.8. The average molecular weight is 392 g/mol. The molecule has 0 unspecified atom stereocenters. The molecule has 26 heavy (non-hydrogen) atoms. The number of amides is 2. The number of ether oxygens (including phenoxy) is 1. The van der Waals surface area contributed by atoms with Gasteiger partial charge in [-0.15, -0.1) is 0 Å². The van der Waals surface area contributed by atoms with Crippen LogP contribution in [0.15, 0.2) is 42.5 Å². The van der Waals surface area contributed by atoms with Crippen molar-refractivity contribution in [1.82, 2.24) is 16.2 Å². The Labute approximate surface area is 161 Å². The SMILES string of the molecule is Cc1cc(C)cc(OCC(=O)NNC(=S)NC(=O)c2cccc(Cl)c2)c1. The van der Waals surface area contributed by atoms with E-state index in [0.717, 1.165) is 11.1 Å². The monoisotopic (exact) mass is 391 g/mol. The molecule has 0 aliphatic heterocycles. The van der Waals surface area contributed by atoms with Crippen molar-refractivity contribution in [2.45, 2.75) is 13.8 Å². The Morgan fingerprint density at radius 1 is 1.08 bits per heavy atom. The number of nitrogens with one attached hydrogen (secondary N) is 3. The largest absolute Gasteiger partial charge is 0.484 e. The third kappa shape index (κ3) is 6.34. The summed E-state index contributed by atoms with van der Waals surface area (Å²) < 4.78 is 5.43. The predicted octanol–water partition coefficient (Wildman–Crippen LogP) is 2.67. The zero-order valence-electron chi connectivity index (χ0n) is 14.3. The quantitative estimate of drug-likeness (QED) is 0.551. The Morgan fingerprint density at radius 3 is 2.42 bits per heavy atom. The van der Waals surface area contributed by atoms with Gasteiger partial charge in [-0.3, -0.25) is 25.8 Å². The maximum absolute atomic E-state index is 12.0. The number of hydrazine groups is 1. The van der Waals surface area contributed by atoms with Gasteiger partial charge in [0.15, 0.2) is 11.7 Å². The van der Waals surface area contributed by atoms with Crippen LogP contribution in [0.25, 0.3) is 0 Å². The predicted molar refractivity (Wildman–Crippen MR) is 104 cm³/mol. The average Bonchev–Trinajstić information content (AvgIpc) is 2.57. The van der Waals surface area contributed by atoms with Gasteiger partial charge in [-0.25, -0.2) is 0 Å². The lowest BCUT2D eigenvalue weighted by molar-refractivity contribution is -0.123. The molecular weight excluding hydrogens is 374 g/mol. The fourth-order valence-electron chi connectivity index (χ4n) is 2.16. The summed E-state index contributed by atoms with van der Waals surface area (Å²) in [6.07, 6.45) is 0. The number of aryl methyl sites for hydroxylation is 2. The highest BCUT2D eigenvalue weighted by Crippen LogP contribution is 2.15. The van der Waals surface area contributed by atoms with Crippen LogP contribution in [0.1, 0.15) is 21.5 Å². The lowest BCUT2D eigenvalue weighted by Gasteiger charge is -2.12. The molecular formula is C18H18ClN3O3S. The van der Waals surface area contributed by atoms with Crippen LogP contribution in [0.2, 0.25) is 5.02 Å². The smallest absolute Gasteiger partial charge is 0.276 e. The van der Waals surface area contributed by atoms with Gasteiger partial charge < -0.3 is 4.74 Å². The summed E-state index contributed by atoms with van der Waals surface area (Å²) >= 11 is 10.8. The molecule has 2 aromatic carbocycles. The molecule has 8 heteroatoms. The lowest BCUT2D eigenvalue weighted by Crippen LogP contribution is -2.49. The van der Waals surface area contributed by atoms with E-state index < -0.39 is 11.8 Å². The first-order chi connectivity index (χ1) is 12.3. The molecule has 2 amide bonds. The van der Waals surface area contributed by atoms with E-state index in [2.05, 4.69) is 16.2 Å². The minimum atomic E-state index is -0.441. The molecule has 0 bridgehead atoms. The van der Waals surface area contributed by atoms with Crippen molar-refractivity contribution in [2.24, 2.45) is 0 Å². The molecule has 0 radical (unpaired) electrons. The van der Waals surface area contributed by atoms with Crippen molar-refractivity contribution in [3.63, 3.8) is 0 Å². The van der Waals surface area contributed by atoms with Crippen LogP contribution in [0.4, 0.5) is 0 Å². The maximum Gasteiger partial charge on any atom is 0.276 e. The van der Waals surface area contributed by atoms with E-state index in [4.69, 9.17) is 28.6 Å². The fourth-order valence-corrected chi connectivity index (χ4v) is 2.50. The van der Waals surface area contributed by atoms with E-state index >= 15 is 0 Å². The first-order valence-electron chi connectivity index (χ1n) is 7.70. The van der Waals surface area contributed by atoms with Crippen LogP contribution < -0.4 is 20.9 Å². The summed E-state index contributed by atoms with van der Waals surface area (Å²) in [5.74, 6) is -0.274. The number of thiocarbonyl (C=S) groups is 1. The number of rotatable bonds is 4. The zero-order valence-corrected chi connectivity index (χ0v) is 15.8. The minimum absolute atomic E-state index is 0.0466. The van der Waals surface area contributed by atoms with Gasteiger partial charge in [0.1, 0.15) is 5.75 Å². The first kappa shape index (κ1) is 19.7. The van der Waals surface area contributed by atoms with Crippen LogP contribution in [0.5, 0.6) is 5.75 Å². The number of hydrogen-bond donors (Lipinski definition) is 3. The molecule has 0 saturated carbocycles. The molecule has 136 valence electrons. The standard InChI is InChI=1S/C18H18ClN3O3S/c1-11-6-12(2)8-15(7-11)25-10-16(23)21-22-18(26)20-17(24)13-4-3-5-14(19)9-13/h3-9H,10H2,1-2H3,(H,21,23)(H2,20,22,24,26). The van der Waals surface area contributed by atoms with Gasteiger partial charge >= 0.3 is 0 Å². The number of hydrogen-bond acceptors (Lipinski definition) is 4. The molecule has 0 atom stereocenters. The normalized spacial score (nSPS) is 9.96. The van der Waals surface area contributed by atoms with E-state index in [9.17, 15) is 9.59 Å². The molecule has 0 aromatic heterocycles. The maximum atomic E-state index is 12.0. The zero-order chi connectivity index (χ0) is 19.1. The van der Waals surface area contributed by atoms with Crippen molar-refractivity contribution in [3.05, 3.63) is 64.2 Å². The molecule has 2 rings (SSSR count). The Balaban J connectivity index is 1.76. The van der Waals surface area contributed by atoms with E-state index in [1.165, 1.54) is 6.07 Å². The summed E-state index contributed by atoms with van der Waals surface area (Å²) in [6.45, 7) is 3.70. The Morgan fingerprint density at radius 2 is 1.77 bits per heavy atom. The fraction of sp³-hybridized carbons (Fsp3) is 0.167. The molecule has 0 fully saturated rings. The highest BCUT2D eigenvalue weighted by Gasteiger charge is 2.09. The summed E-state index contributed by atoms with van der Waals surface area (Å²) in [6, 6.07) is 12.1. The van der Waals surface area contributed by atoms with Gasteiger partial charge in [0.05, 0.1) is 0 Å². The summed E-state index contributed by atoms with van der Waals surface area (Å²) in [5.41, 5.74) is 7.24. The van der Waals surface area contributed by atoms with E-state index in [1.807, 2.05) is 32.0 Å². The van der Waals surface area contributed by atoms with Gasteiger partial charge in [-0.05, 0) is 67.5 Å². The van der Waals surface area contributed by atoms with Gasteiger partial charge in [0.25, 0.3) is 11.8 Å². The topological polar surface area (TPSA) is 79.5 Å². The van der Waals surface area contributed by atoms with Crippen LogP contribution in [-0.4, -0.2) is 23.5 Å². The van der Waals surface area contributed by atoms with Crippen molar-refractivity contribution >= 4 is 40.7 Å². The molecule has 0 aliphatic carbocycles. The van der Waals surface area contributed by atoms with Crippen molar-refractivity contribution in [1.29, 1.82) is 0 Å². The highest BCUT2D eigenvalue weighted by molar-refractivity contribution is 7.80. The van der Waals surface area contributed by atoms with Crippen LogP contribution in [-0.2, 0) is 4.79 Å². The second-order valence-corrected chi connectivity index (χ2v) is 6.42. The number of carbonyl (C=O) groups is 2. The van der Waals surface area contributed by atoms with Crippen LogP contribution >= 0.6 is 23.8 Å². The van der Waals surface area contributed by atoms with Crippen molar-refractivity contribution in [2.75, 3.05) is 6.61 Å². The Hall–Kier alpha value is -2.64. The minimum Gasteiger partial charge on any atom is -0.484 e. The first-order valence-corrected chi connectivity index (χ1v) is 8.49. The molecule has 3 N–H and O–H groups in total. The highest BCUT2D eigenvalue weighted by atomic mass is 35.5. The van der Waals surface area contributed by atoms with Crippen LogP contribution in [0.3, 0.4) is 0 Å². The van der Waals surface area contributed by atoms with E-state index in [1.54, 1.807) is 18.2 Å². The van der Waals surface area contributed by atoms with E-state index in [-0.39, 0.29) is 11.7 Å². The molecule has 0 aliphatic rings. The van der Waals surface area contributed by atoms with Crippen molar-refractivity contribution < 1.29 is 14.3 Å². The Bertz CT molecular complexity index is 822. The third-order valence-corrected chi connectivity index (χ3v) is 3.63. The second kappa shape index (κ2) is 9.17.